The Bertz CT molecular complexity index is 1120. The topological polar surface area (TPSA) is 89.3 Å². The number of alkyl halides is 3. The van der Waals surface area contributed by atoms with Gasteiger partial charge in [0.1, 0.15) is 22.6 Å². The number of anilines is 1. The van der Waals surface area contributed by atoms with Gasteiger partial charge in [0.15, 0.2) is 5.65 Å². The zero-order valence-corrected chi connectivity index (χ0v) is 18.4. The fourth-order valence-corrected chi connectivity index (χ4v) is 3.02. The summed E-state index contributed by atoms with van der Waals surface area (Å²) >= 11 is 0. The van der Waals surface area contributed by atoms with Crippen molar-refractivity contribution in [3.05, 3.63) is 42.1 Å². The van der Waals surface area contributed by atoms with Crippen molar-refractivity contribution in [1.29, 1.82) is 0 Å². The first-order valence-corrected chi connectivity index (χ1v) is 9.91. The Kier molecular flexibility index (Phi) is 5.94. The smallest absolute Gasteiger partial charge is 0.433 e. The van der Waals surface area contributed by atoms with Gasteiger partial charge in [-0.1, -0.05) is 0 Å². The molecule has 172 valence electrons. The van der Waals surface area contributed by atoms with Crippen LogP contribution in [-0.2, 0) is 11.0 Å². The van der Waals surface area contributed by atoms with Crippen LogP contribution in [0.3, 0.4) is 0 Å². The molecule has 0 bridgehead atoms. The van der Waals surface area contributed by atoms with Crippen LogP contribution in [0.25, 0.3) is 16.9 Å². The van der Waals surface area contributed by atoms with E-state index in [1.54, 1.807) is 24.3 Å². The van der Waals surface area contributed by atoms with E-state index in [0.29, 0.717) is 11.4 Å². The van der Waals surface area contributed by atoms with Gasteiger partial charge in [-0.25, -0.2) is 9.97 Å². The molecule has 0 aliphatic carbocycles. The zero-order chi connectivity index (χ0) is 23.9. The summed E-state index contributed by atoms with van der Waals surface area (Å²) in [7, 11) is 0. The number of aliphatic hydroxyl groups is 1. The second kappa shape index (κ2) is 8.09. The minimum Gasteiger partial charge on any atom is -0.488 e. The molecule has 0 saturated heterocycles. The van der Waals surface area contributed by atoms with Crippen LogP contribution in [0.2, 0.25) is 0 Å². The number of amides is 1. The molecule has 32 heavy (non-hydrogen) atoms. The fraction of sp³-hybridized carbons (Fsp3) is 0.409. The summed E-state index contributed by atoms with van der Waals surface area (Å²) in [6, 6.07) is 8.64. The van der Waals surface area contributed by atoms with Gasteiger partial charge >= 0.3 is 6.18 Å². The summed E-state index contributed by atoms with van der Waals surface area (Å²) in [6.07, 6.45) is -4.87. The molecule has 7 nitrogen and oxygen atoms in total. The third kappa shape index (κ3) is 5.76. The molecule has 1 aromatic carbocycles. The Balaban J connectivity index is 2.10. The minimum atomic E-state index is -4.64. The number of nitrogens with one attached hydrogen (secondary N) is 1. The number of nitrogens with zero attached hydrogens (tertiary/aromatic N) is 3. The van der Waals surface area contributed by atoms with Crippen molar-refractivity contribution in [3.8, 4) is 11.4 Å². The molecule has 0 radical (unpaired) electrons. The van der Waals surface area contributed by atoms with Crippen molar-refractivity contribution in [1.82, 2.24) is 14.5 Å². The van der Waals surface area contributed by atoms with Crippen LogP contribution in [-0.4, -0.2) is 36.8 Å². The molecule has 0 aliphatic heterocycles. The van der Waals surface area contributed by atoms with Gasteiger partial charge in [0.25, 0.3) is 0 Å². The second-order valence-corrected chi connectivity index (χ2v) is 9.05. The molecule has 0 atom stereocenters. The zero-order valence-electron chi connectivity index (χ0n) is 18.4. The second-order valence-electron chi connectivity index (χ2n) is 9.05. The van der Waals surface area contributed by atoms with Crippen LogP contribution < -0.4 is 10.1 Å². The number of carbonyl (C=O) groups is 1. The standard InChI is InChI=1S/C22H25F3N4O3/c1-20(2,3)32-14-8-6-13(7-9-14)29-18-15(10-11-16(27-18)22(23,24)25)26-19(29)28-17(30)12-21(4,5)31/h6-11,31H,12H2,1-5H3,(H,26,28,30). The van der Waals surface area contributed by atoms with Gasteiger partial charge in [0.2, 0.25) is 11.9 Å². The summed E-state index contributed by atoms with van der Waals surface area (Å²) in [6.45, 7) is 8.62. The molecular formula is C22H25F3N4O3. The highest BCUT2D eigenvalue weighted by Crippen LogP contribution is 2.31. The van der Waals surface area contributed by atoms with Crippen LogP contribution in [0.4, 0.5) is 19.1 Å². The SMILES string of the molecule is CC(C)(O)CC(=O)Nc1nc2ccc(C(F)(F)F)nc2n1-c1ccc(OC(C)(C)C)cc1. The number of fused-ring (bicyclic) bond motifs is 1. The van der Waals surface area contributed by atoms with Crippen molar-refractivity contribution in [2.24, 2.45) is 0 Å². The van der Waals surface area contributed by atoms with Gasteiger partial charge in [-0.2, -0.15) is 13.2 Å². The number of rotatable bonds is 5. The molecular weight excluding hydrogens is 425 g/mol. The fourth-order valence-electron chi connectivity index (χ4n) is 3.02. The molecule has 1 amide bonds. The van der Waals surface area contributed by atoms with Crippen LogP contribution in [0.15, 0.2) is 36.4 Å². The van der Waals surface area contributed by atoms with Crippen molar-refractivity contribution >= 4 is 23.0 Å². The van der Waals surface area contributed by atoms with E-state index in [9.17, 15) is 23.1 Å². The molecule has 10 heteroatoms. The molecule has 2 aromatic heterocycles. The molecule has 0 saturated carbocycles. The molecule has 0 aliphatic rings. The average Bonchev–Trinajstić information content (AvgIpc) is 2.95. The number of halogens is 3. The van der Waals surface area contributed by atoms with E-state index >= 15 is 0 Å². The lowest BCUT2D eigenvalue weighted by atomic mass is 10.1. The molecule has 2 N–H and O–H groups in total. The lowest BCUT2D eigenvalue weighted by Crippen LogP contribution is -2.28. The summed E-state index contributed by atoms with van der Waals surface area (Å²) in [5, 5.41) is 12.5. The van der Waals surface area contributed by atoms with E-state index in [1.807, 2.05) is 20.8 Å². The number of pyridine rings is 1. The van der Waals surface area contributed by atoms with Crippen molar-refractivity contribution in [3.63, 3.8) is 0 Å². The molecule has 2 heterocycles. The van der Waals surface area contributed by atoms with E-state index in [1.165, 1.54) is 24.5 Å². The quantitative estimate of drug-likeness (QED) is 0.587. The largest absolute Gasteiger partial charge is 0.488 e. The summed E-state index contributed by atoms with van der Waals surface area (Å²) < 4.78 is 46.9. The van der Waals surface area contributed by atoms with E-state index in [4.69, 9.17) is 4.74 Å². The van der Waals surface area contributed by atoms with Gasteiger partial charge in [0, 0.05) is 0 Å². The summed E-state index contributed by atoms with van der Waals surface area (Å²) in [4.78, 5) is 20.4. The highest BCUT2D eigenvalue weighted by atomic mass is 19.4. The number of imidazole rings is 1. The lowest BCUT2D eigenvalue weighted by Gasteiger charge is -2.21. The molecule has 3 rings (SSSR count). The maximum Gasteiger partial charge on any atom is 0.433 e. The van der Waals surface area contributed by atoms with E-state index in [-0.39, 0.29) is 23.5 Å². The highest BCUT2D eigenvalue weighted by Gasteiger charge is 2.33. The Morgan fingerprint density at radius 3 is 2.19 bits per heavy atom. The van der Waals surface area contributed by atoms with Crippen LogP contribution in [0, 0.1) is 0 Å². The number of carbonyl (C=O) groups excluding carboxylic acids is 1. The highest BCUT2D eigenvalue weighted by molar-refractivity contribution is 5.92. The lowest BCUT2D eigenvalue weighted by molar-refractivity contribution is -0.141. The maximum absolute atomic E-state index is 13.3. The van der Waals surface area contributed by atoms with Crippen molar-refractivity contribution < 1.29 is 27.8 Å². The Labute approximate surface area is 183 Å². The molecule has 0 spiro atoms. The third-order valence-electron chi connectivity index (χ3n) is 4.16. The van der Waals surface area contributed by atoms with Gasteiger partial charge in [-0.05, 0) is 71.0 Å². The first kappa shape index (κ1) is 23.5. The van der Waals surface area contributed by atoms with Gasteiger partial charge in [0.05, 0.1) is 17.7 Å². The Morgan fingerprint density at radius 1 is 1.03 bits per heavy atom. The minimum absolute atomic E-state index is 0.00874. The van der Waals surface area contributed by atoms with Gasteiger partial charge in [-0.15, -0.1) is 0 Å². The summed E-state index contributed by atoms with van der Waals surface area (Å²) in [5.41, 5.74) is -2.24. The van der Waals surface area contributed by atoms with Crippen molar-refractivity contribution in [2.45, 2.75) is 58.4 Å². The van der Waals surface area contributed by atoms with E-state index < -0.39 is 29.0 Å². The average molecular weight is 450 g/mol. The van der Waals surface area contributed by atoms with Crippen molar-refractivity contribution in [2.75, 3.05) is 5.32 Å². The molecule has 0 unspecified atom stereocenters. The molecule has 3 aromatic rings. The predicted molar refractivity (Wildman–Crippen MR) is 114 cm³/mol. The number of hydrogen-bond acceptors (Lipinski definition) is 5. The number of ether oxygens (including phenoxy) is 1. The van der Waals surface area contributed by atoms with Gasteiger partial charge < -0.3 is 9.84 Å². The normalized spacial score (nSPS) is 12.8. The predicted octanol–water partition coefficient (Wildman–Crippen LogP) is 4.72. The first-order chi connectivity index (χ1) is 14.6. The summed E-state index contributed by atoms with van der Waals surface area (Å²) in [5.74, 6) is 0.0191. The van der Waals surface area contributed by atoms with E-state index in [2.05, 4.69) is 15.3 Å². The maximum atomic E-state index is 13.3. The molecule has 0 fully saturated rings. The monoisotopic (exact) mass is 450 g/mol. The number of hydrogen-bond donors (Lipinski definition) is 2. The van der Waals surface area contributed by atoms with Gasteiger partial charge in [-0.3, -0.25) is 14.7 Å². The number of aromatic nitrogens is 3. The van der Waals surface area contributed by atoms with Crippen LogP contribution in [0.1, 0.15) is 46.7 Å². The third-order valence-corrected chi connectivity index (χ3v) is 4.16. The Hall–Kier alpha value is -3.14. The Morgan fingerprint density at radius 2 is 1.66 bits per heavy atom. The van der Waals surface area contributed by atoms with E-state index in [0.717, 1.165) is 6.07 Å². The van der Waals surface area contributed by atoms with Crippen LogP contribution in [0.5, 0.6) is 5.75 Å². The number of benzene rings is 1. The van der Waals surface area contributed by atoms with Crippen LogP contribution >= 0.6 is 0 Å². The first-order valence-electron chi connectivity index (χ1n) is 9.91.